The van der Waals surface area contributed by atoms with Gasteiger partial charge >= 0.3 is 35.7 Å². The van der Waals surface area contributed by atoms with E-state index in [1.807, 2.05) is 27.2 Å². The van der Waals surface area contributed by atoms with E-state index in [0.717, 1.165) is 17.8 Å². The van der Waals surface area contributed by atoms with Crippen LogP contribution in [0, 0.1) is 0 Å². The second kappa shape index (κ2) is 14.1. The van der Waals surface area contributed by atoms with E-state index < -0.39 is 26.3 Å². The third-order valence-electron chi connectivity index (χ3n) is 4.71. The molecule has 15 heteroatoms. The number of ether oxygens (including phenoxy) is 1. The Kier molecular flexibility index (Phi) is 12.4. The van der Waals surface area contributed by atoms with Crippen molar-refractivity contribution in [1.82, 2.24) is 9.38 Å². The van der Waals surface area contributed by atoms with Crippen LogP contribution in [0.5, 0.6) is 5.75 Å². The molecule has 0 aliphatic carbocycles. The first-order valence-corrected chi connectivity index (χ1v) is 13.6. The Bertz CT molecular complexity index is 1510. The van der Waals surface area contributed by atoms with Gasteiger partial charge in [-0.3, -0.25) is 4.48 Å². The third kappa shape index (κ3) is 11.1. The molecule has 0 spiro atoms. The third-order valence-corrected chi connectivity index (χ3v) is 6.41. The van der Waals surface area contributed by atoms with Crippen LogP contribution < -0.4 is 38.8 Å². The monoisotopic (exact) mass is 586 g/mol. The number of azo groups is 1. The molecule has 0 bridgehead atoms. The molecule has 204 valence electrons. The molecule has 3 aromatic rings. The number of quaternary nitrogens is 1. The molecule has 0 radical (unpaired) electrons. The molecule has 0 aliphatic heterocycles. The minimum Gasteiger partial charge on any atom is -0.744 e. The molecule has 0 N–H and O–H groups in total. The van der Waals surface area contributed by atoms with Gasteiger partial charge in [0.05, 0.1) is 36.6 Å². The Labute approximate surface area is 250 Å². The minimum absolute atomic E-state index is 0. The zero-order chi connectivity index (χ0) is 28.7. The number of carbonyl (C=O) groups excluding carboxylic acids is 1. The van der Waals surface area contributed by atoms with E-state index in [4.69, 9.17) is 4.74 Å². The molecule has 3 rings (SSSR count). The Morgan fingerprint density at radius 1 is 0.795 bits per heavy atom. The Morgan fingerprint density at radius 3 is 1.74 bits per heavy atom. The largest absolute Gasteiger partial charge is 1.00 e. The summed E-state index contributed by atoms with van der Waals surface area (Å²) >= 11 is 0. The van der Waals surface area contributed by atoms with Crippen LogP contribution in [0.15, 0.2) is 92.8 Å². The number of rotatable bonds is 6. The summed E-state index contributed by atoms with van der Waals surface area (Å²) in [4.78, 5) is 12.7. The summed E-state index contributed by atoms with van der Waals surface area (Å²) in [5.74, 6) is 0.242. The predicted molar refractivity (Wildman–Crippen MR) is 139 cm³/mol. The van der Waals surface area contributed by atoms with E-state index in [9.17, 15) is 30.7 Å². The number of hydrogen-bond acceptors (Lipinski definition) is 10. The molecule has 1 amide bonds. The second-order valence-electron chi connectivity index (χ2n) is 8.84. The first-order valence-electron chi connectivity index (χ1n) is 10.8. The number of carbonyl (C=O) groups is 1. The molecule has 0 atom stereocenters. The SMILES string of the molecule is CN(C)C(=O)Oc1cc([N+](C)(C)C)ccc1N=Nc1ccc(S(=O)(=O)[O-])cc1.O=S(=O)([O-])c1ccccc1.[Na+]. The van der Waals surface area contributed by atoms with Crippen LogP contribution in [-0.2, 0) is 20.2 Å². The first kappa shape index (κ1) is 34.3. The number of hydrogen-bond donors (Lipinski definition) is 0. The van der Waals surface area contributed by atoms with Crippen molar-refractivity contribution < 1.29 is 65.0 Å². The molecule has 0 fully saturated rings. The van der Waals surface area contributed by atoms with Crippen LogP contribution in [0.4, 0.5) is 21.9 Å². The van der Waals surface area contributed by atoms with Crippen molar-refractivity contribution in [2.24, 2.45) is 10.2 Å². The van der Waals surface area contributed by atoms with E-state index in [-0.39, 0.29) is 45.1 Å². The van der Waals surface area contributed by atoms with Gasteiger partial charge in [-0.1, -0.05) is 18.2 Å². The van der Waals surface area contributed by atoms with E-state index in [1.54, 1.807) is 32.3 Å². The molecule has 0 saturated carbocycles. The normalized spacial score (nSPS) is 11.7. The molecular formula is C24H27N4NaO8S2. The van der Waals surface area contributed by atoms with Crippen LogP contribution >= 0.6 is 0 Å². The van der Waals surface area contributed by atoms with Gasteiger partial charge in [-0.15, -0.1) is 5.11 Å². The van der Waals surface area contributed by atoms with Gasteiger partial charge in [0, 0.05) is 26.2 Å². The van der Waals surface area contributed by atoms with Gasteiger partial charge in [-0.2, -0.15) is 5.11 Å². The minimum atomic E-state index is -4.52. The van der Waals surface area contributed by atoms with Gasteiger partial charge < -0.3 is 18.7 Å². The summed E-state index contributed by atoms with van der Waals surface area (Å²) in [7, 11) is 0.279. The summed E-state index contributed by atoms with van der Waals surface area (Å²) in [6.45, 7) is 0. The molecule has 0 unspecified atom stereocenters. The topological polar surface area (TPSA) is 169 Å². The Balaban J connectivity index is 0.000000581. The maximum Gasteiger partial charge on any atom is 1.00 e. The predicted octanol–water partition coefficient (Wildman–Crippen LogP) is 0.858. The van der Waals surface area contributed by atoms with Crippen molar-refractivity contribution >= 4 is 43.4 Å². The van der Waals surface area contributed by atoms with Crippen molar-refractivity contribution in [2.45, 2.75) is 9.79 Å². The molecule has 0 aromatic heterocycles. The summed E-state index contributed by atoms with van der Waals surface area (Å²) < 4.78 is 69.7. The van der Waals surface area contributed by atoms with E-state index in [2.05, 4.69) is 10.2 Å². The zero-order valence-corrected chi connectivity index (χ0v) is 25.9. The molecule has 3 aromatic carbocycles. The Morgan fingerprint density at radius 2 is 1.31 bits per heavy atom. The van der Waals surface area contributed by atoms with Crippen molar-refractivity contribution in [1.29, 1.82) is 0 Å². The van der Waals surface area contributed by atoms with Crippen molar-refractivity contribution in [3.8, 4) is 5.75 Å². The molecule has 0 heterocycles. The number of nitrogens with zero attached hydrogens (tertiary/aromatic N) is 4. The van der Waals surface area contributed by atoms with Gasteiger partial charge in [0.1, 0.15) is 31.6 Å². The molecule has 39 heavy (non-hydrogen) atoms. The van der Waals surface area contributed by atoms with Crippen LogP contribution in [0.2, 0.25) is 0 Å². The van der Waals surface area contributed by atoms with Crippen LogP contribution in [0.3, 0.4) is 0 Å². The second-order valence-corrected chi connectivity index (χ2v) is 11.6. The molecule has 0 saturated heterocycles. The van der Waals surface area contributed by atoms with Crippen LogP contribution in [-0.4, -0.2) is 72.2 Å². The maximum atomic E-state index is 12.0. The van der Waals surface area contributed by atoms with Crippen LogP contribution in [0.25, 0.3) is 0 Å². The van der Waals surface area contributed by atoms with Crippen molar-refractivity contribution in [3.63, 3.8) is 0 Å². The summed E-state index contributed by atoms with van der Waals surface area (Å²) in [6.07, 6.45) is -0.556. The van der Waals surface area contributed by atoms with Gasteiger partial charge in [0.2, 0.25) is 0 Å². The van der Waals surface area contributed by atoms with E-state index in [0.29, 0.717) is 15.9 Å². The fraction of sp³-hybridized carbons (Fsp3) is 0.208. The average molecular weight is 587 g/mol. The fourth-order valence-corrected chi connectivity index (χ4v) is 3.61. The first-order chi connectivity index (χ1) is 17.5. The summed E-state index contributed by atoms with van der Waals surface area (Å²) in [5, 5.41) is 8.12. The van der Waals surface area contributed by atoms with Gasteiger partial charge in [-0.25, -0.2) is 21.6 Å². The molecular weight excluding hydrogens is 559 g/mol. The zero-order valence-electron chi connectivity index (χ0n) is 22.3. The maximum absolute atomic E-state index is 12.0. The van der Waals surface area contributed by atoms with Gasteiger partial charge in [-0.05, 0) is 42.5 Å². The smallest absolute Gasteiger partial charge is 0.744 e. The Hall–Kier alpha value is -2.69. The number of benzene rings is 3. The fourth-order valence-electron chi connectivity index (χ4n) is 2.65. The van der Waals surface area contributed by atoms with Crippen molar-refractivity contribution in [3.05, 3.63) is 72.8 Å². The van der Waals surface area contributed by atoms with Crippen LogP contribution in [0.1, 0.15) is 0 Å². The number of amides is 1. The molecule has 0 aliphatic rings. The van der Waals surface area contributed by atoms with Gasteiger partial charge in [0.15, 0.2) is 5.75 Å². The van der Waals surface area contributed by atoms with Crippen molar-refractivity contribution in [2.75, 3.05) is 35.2 Å². The summed E-state index contributed by atoms with van der Waals surface area (Å²) in [6, 6.07) is 17.5. The average Bonchev–Trinajstić information content (AvgIpc) is 2.82. The molecule has 12 nitrogen and oxygen atoms in total. The standard InChI is InChI=1S/C18H22N4O5S.C6H6O3S.Na/c1-21(2)18(23)27-17-12-14(22(3,4)5)8-11-16(17)20-19-13-6-9-15(10-7-13)28(24,25)26;7-10(8,9)6-4-2-1-3-5-6;/h6-12H,1-5H3;1-5H,(H,7,8,9);/q;;+1/p-1. The summed E-state index contributed by atoms with van der Waals surface area (Å²) in [5.41, 5.74) is 1.56. The van der Waals surface area contributed by atoms with Gasteiger partial charge in [0.25, 0.3) is 0 Å². The quantitative estimate of drug-likeness (QED) is 0.177. The van der Waals surface area contributed by atoms with E-state index >= 15 is 0 Å². The van der Waals surface area contributed by atoms with E-state index in [1.165, 1.54) is 41.3 Å².